The Hall–Kier alpha value is -1.70. The van der Waals surface area contributed by atoms with Gasteiger partial charge in [0, 0.05) is 18.3 Å². The summed E-state index contributed by atoms with van der Waals surface area (Å²) in [5.74, 6) is 0.272. The maximum atomic E-state index is 9.54. The Labute approximate surface area is 146 Å². The summed E-state index contributed by atoms with van der Waals surface area (Å²) in [6.07, 6.45) is 3.65. The maximum absolute atomic E-state index is 9.54. The van der Waals surface area contributed by atoms with Crippen LogP contribution >= 0.6 is 0 Å². The minimum absolute atomic E-state index is 0. The number of phenolic OH excluding ortho intramolecular Hbond substituents is 1. The fourth-order valence-corrected chi connectivity index (χ4v) is 1.65. The minimum Gasteiger partial charge on any atom is -0.677 e. The fourth-order valence-electron chi connectivity index (χ4n) is 1.65. The molecule has 0 atom stereocenters. The second-order valence-corrected chi connectivity index (χ2v) is 4.61. The van der Waals surface area contributed by atoms with Crippen LogP contribution in [-0.4, -0.2) is 64.9 Å². The molecule has 4 N–H and O–H groups in total. The summed E-state index contributed by atoms with van der Waals surface area (Å²) in [5.41, 5.74) is 7.84. The minimum atomic E-state index is -1.25. The van der Waals surface area contributed by atoms with E-state index in [0.29, 0.717) is 6.54 Å². The van der Waals surface area contributed by atoms with Crippen molar-refractivity contribution in [3.05, 3.63) is 40.5 Å². The van der Waals surface area contributed by atoms with Crippen LogP contribution in [0.1, 0.15) is 18.4 Å². The molecule has 0 saturated heterocycles. The summed E-state index contributed by atoms with van der Waals surface area (Å²) in [4.78, 5) is 15.0. The van der Waals surface area contributed by atoms with Crippen LogP contribution in [0.2, 0.25) is 0 Å². The monoisotopic (exact) mass is 370 g/mol. The number of hydrogen-bond donors (Lipinski definition) is 3. The number of hydrogen-bond acceptors (Lipinski definition) is 4. The van der Waals surface area contributed by atoms with Gasteiger partial charge in [-0.3, -0.25) is 4.99 Å². The van der Waals surface area contributed by atoms with Crippen LogP contribution in [0.3, 0.4) is 0 Å². The Balaban J connectivity index is 0. The van der Waals surface area contributed by atoms with Gasteiger partial charge in [0.25, 0.3) is 0 Å². The number of nitrogens with zero attached hydrogens (tertiary/aromatic N) is 3. The number of nitrogens with one attached hydrogen (secondary N) is 1. The van der Waals surface area contributed by atoms with E-state index >= 15 is 0 Å². The number of aromatic hydroxyl groups is 1. The van der Waals surface area contributed by atoms with E-state index in [-0.39, 0.29) is 22.2 Å². The molecule has 0 heterocycles. The topological polar surface area (TPSA) is 120 Å². The molecule has 132 valence electrons. The van der Waals surface area contributed by atoms with Gasteiger partial charge in [-0.2, -0.15) is 0 Å². The summed E-state index contributed by atoms with van der Waals surface area (Å²) in [6.45, 7) is 3.24. The van der Waals surface area contributed by atoms with Gasteiger partial charge in [0.2, 0.25) is 0 Å². The van der Waals surface area contributed by atoms with E-state index in [0.717, 1.165) is 38.0 Å². The van der Waals surface area contributed by atoms with Gasteiger partial charge < -0.3 is 15.7 Å². The molecule has 0 aromatic heterocycles. The van der Waals surface area contributed by atoms with Crippen molar-refractivity contribution in [2.24, 2.45) is 4.99 Å². The second-order valence-electron chi connectivity index (χ2n) is 4.61. The molecule has 0 aliphatic carbocycles. The van der Waals surface area contributed by atoms with Crippen LogP contribution < -0.4 is 0 Å². The van der Waals surface area contributed by atoms with E-state index in [1.807, 2.05) is 12.1 Å². The van der Waals surface area contributed by atoms with Crippen molar-refractivity contribution in [3.63, 3.8) is 0 Å². The third-order valence-electron chi connectivity index (χ3n) is 2.71. The summed E-state index contributed by atoms with van der Waals surface area (Å²) in [6, 6.07) is 7.19. The van der Waals surface area contributed by atoms with E-state index in [9.17, 15) is 5.11 Å². The van der Waals surface area contributed by atoms with E-state index in [1.165, 1.54) is 0 Å². The van der Waals surface area contributed by atoms with Crippen molar-refractivity contribution in [2.75, 3.05) is 33.2 Å². The van der Waals surface area contributed by atoms with Crippen LogP contribution in [0.5, 0.6) is 5.75 Å². The zero-order valence-corrected chi connectivity index (χ0v) is 14.0. The molecule has 0 amide bonds. The Bertz CT molecular complexity index is 456. The Kier molecular flexibility index (Phi) is 15.6. The first-order valence-corrected chi connectivity index (χ1v) is 6.93. The third-order valence-corrected chi connectivity index (χ3v) is 2.71. The van der Waals surface area contributed by atoms with Crippen molar-refractivity contribution >= 4 is 6.21 Å². The van der Waals surface area contributed by atoms with Gasteiger partial charge in [-0.25, -0.2) is 10.4 Å². The molecule has 9 heteroatoms. The first-order valence-electron chi connectivity index (χ1n) is 6.93. The third kappa shape index (κ3) is 15.0. The zero-order chi connectivity index (χ0) is 16.8. The maximum Gasteiger partial charge on any atom is 2.00 e. The van der Waals surface area contributed by atoms with Gasteiger partial charge in [-0.15, -0.1) is 6.54 Å². The second kappa shape index (κ2) is 15.2. The van der Waals surface area contributed by atoms with Crippen molar-refractivity contribution in [3.8, 4) is 5.75 Å². The molecule has 8 nitrogen and oxygen atoms in total. The molecule has 0 radical (unpaired) electrons. The van der Waals surface area contributed by atoms with E-state index in [1.54, 1.807) is 18.3 Å². The molecule has 23 heavy (non-hydrogen) atoms. The van der Waals surface area contributed by atoms with E-state index < -0.39 is 5.09 Å². The summed E-state index contributed by atoms with van der Waals surface area (Å²) in [5, 5.41) is 22.1. The van der Waals surface area contributed by atoms with Gasteiger partial charge in [0.05, 0.1) is 0 Å². The standard InChI is InChI=1S/C14H22N3O.H2NO3.Ni/c1-17(10-4-8-15)11-5-9-16-12-13-6-2-3-7-14(13)18;2-1(3)4;/h2-3,6-7,12,15,18H,4-5,8-11H2,1H3;(H2,2,3,4);/q-1;+1;+2. The molecule has 1 rings (SSSR count). The molecule has 0 saturated carbocycles. The SMILES string of the molecule is CN(CCC[NH-])CCCN=Cc1ccccc1O.O=[N+](O)O.[Ni+2]. The van der Waals surface area contributed by atoms with Gasteiger partial charge >= 0.3 is 21.6 Å². The predicted molar refractivity (Wildman–Crippen MR) is 83.7 cm³/mol. The van der Waals surface area contributed by atoms with Crippen molar-refractivity contribution in [1.82, 2.24) is 4.90 Å². The molecule has 0 aliphatic heterocycles. The quantitative estimate of drug-likeness (QED) is 0.280. The number of benzene rings is 1. The number of rotatable bonds is 8. The van der Waals surface area contributed by atoms with Crippen molar-refractivity contribution in [1.29, 1.82) is 0 Å². The smallest absolute Gasteiger partial charge is 0.677 e. The van der Waals surface area contributed by atoms with Gasteiger partial charge in [-0.1, -0.05) is 18.6 Å². The Morgan fingerprint density at radius 1 is 1.26 bits per heavy atom. The average molecular weight is 371 g/mol. The molecule has 0 spiro atoms. The van der Waals surface area contributed by atoms with E-state index in [4.69, 9.17) is 21.1 Å². The van der Waals surface area contributed by atoms with Crippen LogP contribution in [0.15, 0.2) is 29.3 Å². The average Bonchev–Trinajstić information content (AvgIpc) is 2.46. The number of para-hydroxylation sites is 1. The van der Waals surface area contributed by atoms with Crippen LogP contribution in [0, 0.1) is 4.91 Å². The normalized spacial score (nSPS) is 10.0. The van der Waals surface area contributed by atoms with E-state index in [2.05, 4.69) is 16.9 Å². The number of phenols is 1. The predicted octanol–water partition coefficient (Wildman–Crippen LogP) is 2.12. The van der Waals surface area contributed by atoms with Crippen LogP contribution in [0.4, 0.5) is 0 Å². The molecular weight excluding hydrogens is 347 g/mol. The largest absolute Gasteiger partial charge is 2.00 e. The fraction of sp³-hybridized carbons (Fsp3) is 0.500. The summed E-state index contributed by atoms with van der Waals surface area (Å²) in [7, 11) is 2.07. The van der Waals surface area contributed by atoms with Crippen LogP contribution in [-0.2, 0) is 16.5 Å². The van der Waals surface area contributed by atoms with Crippen molar-refractivity contribution < 1.29 is 37.1 Å². The molecule has 1 aromatic rings. The number of aliphatic imine (C=N–C) groups is 1. The zero-order valence-electron chi connectivity index (χ0n) is 13.0. The summed E-state index contributed by atoms with van der Waals surface area (Å²) < 4.78 is 0. The molecular formula is C14H24N4NiO4+2. The first-order chi connectivity index (χ1) is 10.5. The van der Waals surface area contributed by atoms with Gasteiger partial charge in [0.15, 0.2) is 0 Å². The van der Waals surface area contributed by atoms with Crippen LogP contribution in [0.25, 0.3) is 5.73 Å². The summed E-state index contributed by atoms with van der Waals surface area (Å²) >= 11 is 0. The first kappa shape index (κ1) is 23.6. The molecule has 0 fully saturated rings. The molecule has 1 aromatic carbocycles. The molecule has 0 unspecified atom stereocenters. The molecule has 0 bridgehead atoms. The van der Waals surface area contributed by atoms with Gasteiger partial charge in [0.1, 0.15) is 10.7 Å². The Morgan fingerprint density at radius 2 is 1.83 bits per heavy atom. The molecule has 0 aliphatic rings. The van der Waals surface area contributed by atoms with Crippen molar-refractivity contribution in [2.45, 2.75) is 12.8 Å². The Morgan fingerprint density at radius 3 is 2.39 bits per heavy atom. The van der Waals surface area contributed by atoms with Gasteiger partial charge in [-0.05, 0) is 38.7 Å².